The molecule has 1 atom stereocenters. The van der Waals surface area contributed by atoms with E-state index in [9.17, 15) is 18.0 Å². The molecule has 2 heterocycles. The van der Waals surface area contributed by atoms with E-state index in [-0.39, 0.29) is 37.0 Å². The highest BCUT2D eigenvalue weighted by molar-refractivity contribution is 8.00. The summed E-state index contributed by atoms with van der Waals surface area (Å²) in [6, 6.07) is 21.7. The lowest BCUT2D eigenvalue weighted by molar-refractivity contribution is -0.138. The second-order valence-electron chi connectivity index (χ2n) is 9.17. The fourth-order valence-electron chi connectivity index (χ4n) is 4.95. The van der Waals surface area contributed by atoms with E-state index >= 15 is 0 Å². The van der Waals surface area contributed by atoms with Gasteiger partial charge in [-0.25, -0.2) is 13.2 Å². The van der Waals surface area contributed by atoms with Crippen LogP contribution in [0.4, 0.5) is 0 Å². The predicted octanol–water partition coefficient (Wildman–Crippen LogP) is 2.83. The van der Waals surface area contributed by atoms with Gasteiger partial charge in [-0.2, -0.15) is 0 Å². The standard InChI is InChI=1S/C31H28N2O7S2/c1-4-40-31(35)26-25(21-15-9-11-17-23(21)39-3)27(42(36,37)20-13-6-5-7-14-20)30-33(28(26)32)29(34)24(41-30)18-19-12-8-10-16-22(19)38-2/h5-18,25H,4,32H2,1-3H3. The molecule has 1 aliphatic rings. The maximum absolute atomic E-state index is 14.5. The number of ether oxygens (including phenoxy) is 3. The molecule has 2 N–H and O–H groups in total. The van der Waals surface area contributed by atoms with Crippen molar-refractivity contribution in [3.05, 3.63) is 115 Å². The number of thiazole rings is 1. The number of aromatic nitrogens is 1. The number of carbonyl (C=O) groups excluding carboxylic acids is 1. The minimum absolute atomic E-state index is 0.00719. The normalized spacial score (nSPS) is 15.4. The molecule has 3 aromatic carbocycles. The van der Waals surface area contributed by atoms with Crippen LogP contribution in [0.2, 0.25) is 0 Å². The predicted molar refractivity (Wildman–Crippen MR) is 161 cm³/mol. The number of nitrogens with two attached hydrogens (primary N) is 1. The molecule has 216 valence electrons. The zero-order valence-corrected chi connectivity index (χ0v) is 24.7. The molecule has 1 unspecified atom stereocenters. The van der Waals surface area contributed by atoms with Crippen molar-refractivity contribution in [2.45, 2.75) is 17.7 Å². The van der Waals surface area contributed by atoms with Crippen molar-refractivity contribution in [1.29, 1.82) is 0 Å². The molecule has 0 saturated carbocycles. The van der Waals surface area contributed by atoms with Crippen LogP contribution >= 0.6 is 11.3 Å². The quantitative estimate of drug-likeness (QED) is 0.304. The highest BCUT2D eigenvalue weighted by Crippen LogP contribution is 2.44. The van der Waals surface area contributed by atoms with E-state index in [0.29, 0.717) is 22.6 Å². The number of carbonyl (C=O) groups is 1. The average molecular weight is 605 g/mol. The Morgan fingerprint density at radius 2 is 1.57 bits per heavy atom. The molecule has 0 spiro atoms. The molecule has 1 aromatic heterocycles. The van der Waals surface area contributed by atoms with E-state index in [1.807, 2.05) is 0 Å². The van der Waals surface area contributed by atoms with Gasteiger partial charge in [0, 0.05) is 11.1 Å². The van der Waals surface area contributed by atoms with Crippen molar-refractivity contribution in [2.24, 2.45) is 5.73 Å². The van der Waals surface area contributed by atoms with Gasteiger partial charge in [-0.05, 0) is 37.3 Å². The van der Waals surface area contributed by atoms with Crippen LogP contribution in [0.1, 0.15) is 24.0 Å². The van der Waals surface area contributed by atoms with Crippen molar-refractivity contribution in [2.75, 3.05) is 20.8 Å². The third-order valence-electron chi connectivity index (χ3n) is 6.82. The van der Waals surface area contributed by atoms with Crippen LogP contribution < -0.4 is 30.0 Å². The first-order valence-corrected chi connectivity index (χ1v) is 15.3. The lowest BCUT2D eigenvalue weighted by Gasteiger charge is -2.28. The molecular formula is C31H28N2O7S2. The summed E-state index contributed by atoms with van der Waals surface area (Å²) in [5.74, 6) is -1.43. The molecule has 4 aromatic rings. The van der Waals surface area contributed by atoms with Crippen LogP contribution in [0.5, 0.6) is 11.5 Å². The number of hydrogen-bond donors (Lipinski definition) is 1. The molecular weight excluding hydrogens is 576 g/mol. The number of esters is 1. The second-order valence-corrected chi connectivity index (χ2v) is 12.1. The summed E-state index contributed by atoms with van der Waals surface area (Å²) >= 11 is 0.964. The first-order valence-electron chi connectivity index (χ1n) is 13.0. The number of nitrogens with zero attached hydrogens (tertiary/aromatic N) is 1. The van der Waals surface area contributed by atoms with Crippen LogP contribution in [-0.4, -0.2) is 39.8 Å². The van der Waals surface area contributed by atoms with E-state index in [1.54, 1.807) is 79.7 Å². The Morgan fingerprint density at radius 3 is 2.24 bits per heavy atom. The molecule has 5 rings (SSSR count). The summed E-state index contributed by atoms with van der Waals surface area (Å²) in [5, 5.41) is 0. The number of rotatable bonds is 8. The zero-order chi connectivity index (χ0) is 30.0. The molecule has 42 heavy (non-hydrogen) atoms. The first kappa shape index (κ1) is 28.9. The van der Waals surface area contributed by atoms with Crippen molar-refractivity contribution in [3.8, 4) is 11.5 Å². The molecule has 0 fully saturated rings. The van der Waals surface area contributed by atoms with E-state index in [4.69, 9.17) is 19.9 Å². The molecule has 0 radical (unpaired) electrons. The molecule has 11 heteroatoms. The number of methoxy groups -OCH3 is 2. The highest BCUT2D eigenvalue weighted by Gasteiger charge is 2.43. The summed E-state index contributed by atoms with van der Waals surface area (Å²) in [6.07, 6.45) is 1.61. The third-order valence-corrected chi connectivity index (χ3v) is 9.95. The van der Waals surface area contributed by atoms with Crippen molar-refractivity contribution < 1.29 is 27.4 Å². The Kier molecular flexibility index (Phi) is 8.06. The minimum atomic E-state index is -4.32. The Bertz CT molecular complexity index is 1990. The van der Waals surface area contributed by atoms with Crippen LogP contribution in [0, 0.1) is 0 Å². The molecule has 9 nitrogen and oxygen atoms in total. The maximum atomic E-state index is 14.5. The zero-order valence-electron chi connectivity index (χ0n) is 23.1. The summed E-state index contributed by atoms with van der Waals surface area (Å²) in [4.78, 5) is 27.3. The number of sulfone groups is 1. The Labute approximate surface area is 246 Å². The SMILES string of the molecule is CCOC(=O)C1=C(N)n2c(sc(=Cc3ccccc3OC)c2=O)=C(S(=O)(=O)c2ccccc2)C1c1ccccc1OC. The maximum Gasteiger partial charge on any atom is 0.338 e. The summed E-state index contributed by atoms with van der Waals surface area (Å²) in [5.41, 5.74) is 6.84. The summed E-state index contributed by atoms with van der Waals surface area (Å²) in [7, 11) is -1.35. The fourth-order valence-corrected chi connectivity index (χ4v) is 8.11. The van der Waals surface area contributed by atoms with Crippen molar-refractivity contribution >= 4 is 43.9 Å². The fraction of sp³-hybridized carbons (Fsp3) is 0.161. The molecule has 0 saturated heterocycles. The second kappa shape index (κ2) is 11.7. The van der Waals surface area contributed by atoms with Gasteiger partial charge in [0.1, 0.15) is 22.0 Å². The van der Waals surface area contributed by atoms with Crippen molar-refractivity contribution in [1.82, 2.24) is 4.57 Å². The minimum Gasteiger partial charge on any atom is -0.496 e. The molecule has 0 amide bonds. The van der Waals surface area contributed by atoms with Crippen LogP contribution in [0.15, 0.2) is 94.1 Å². The largest absolute Gasteiger partial charge is 0.496 e. The van der Waals surface area contributed by atoms with Gasteiger partial charge in [0.25, 0.3) is 5.56 Å². The van der Waals surface area contributed by atoms with Gasteiger partial charge in [-0.15, -0.1) is 11.3 Å². The molecule has 0 aliphatic carbocycles. The van der Waals surface area contributed by atoms with Crippen LogP contribution in [-0.2, 0) is 19.4 Å². The number of hydrogen-bond acceptors (Lipinski definition) is 9. The number of benzene rings is 3. The number of para-hydroxylation sites is 2. The lowest BCUT2D eigenvalue weighted by Crippen LogP contribution is -2.41. The van der Waals surface area contributed by atoms with Gasteiger partial charge in [0.15, 0.2) is 0 Å². The van der Waals surface area contributed by atoms with Gasteiger partial charge >= 0.3 is 5.97 Å². The first-order chi connectivity index (χ1) is 20.2. The third kappa shape index (κ3) is 4.90. The lowest BCUT2D eigenvalue weighted by atomic mass is 9.88. The van der Waals surface area contributed by atoms with Gasteiger partial charge in [-0.3, -0.25) is 9.36 Å². The Hall–Kier alpha value is -4.61. The van der Waals surface area contributed by atoms with Gasteiger partial charge in [0.05, 0.1) is 46.7 Å². The topological polar surface area (TPSA) is 127 Å². The van der Waals surface area contributed by atoms with Crippen LogP contribution in [0.3, 0.4) is 0 Å². The van der Waals surface area contributed by atoms with Gasteiger partial charge in [0.2, 0.25) is 9.84 Å². The highest BCUT2D eigenvalue weighted by atomic mass is 32.2. The van der Waals surface area contributed by atoms with E-state index in [0.717, 1.165) is 15.9 Å². The Balaban J connectivity index is 1.99. The van der Waals surface area contributed by atoms with E-state index in [2.05, 4.69) is 0 Å². The molecule has 1 aliphatic heterocycles. The smallest absolute Gasteiger partial charge is 0.338 e. The average Bonchev–Trinajstić information content (AvgIpc) is 3.32. The van der Waals surface area contributed by atoms with Crippen LogP contribution in [0.25, 0.3) is 16.8 Å². The summed E-state index contributed by atoms with van der Waals surface area (Å²) in [6.45, 7) is 1.64. The summed E-state index contributed by atoms with van der Waals surface area (Å²) < 4.78 is 46.8. The molecule has 0 bridgehead atoms. The van der Waals surface area contributed by atoms with Crippen molar-refractivity contribution in [3.63, 3.8) is 0 Å². The van der Waals surface area contributed by atoms with Gasteiger partial charge in [-0.1, -0.05) is 54.6 Å². The number of fused-ring (bicyclic) bond motifs is 1. The van der Waals surface area contributed by atoms with E-state index in [1.165, 1.54) is 26.4 Å². The monoisotopic (exact) mass is 604 g/mol. The van der Waals surface area contributed by atoms with Gasteiger partial charge < -0.3 is 19.9 Å². The Morgan fingerprint density at radius 1 is 0.952 bits per heavy atom. The van der Waals surface area contributed by atoms with E-state index < -0.39 is 27.3 Å².